The van der Waals surface area contributed by atoms with E-state index in [1.165, 1.54) is 41.4 Å². The number of rotatable bonds is 3. The molecule has 0 bridgehead atoms. The van der Waals surface area contributed by atoms with Crippen LogP contribution < -0.4 is 4.90 Å². The van der Waals surface area contributed by atoms with Crippen molar-refractivity contribution in [3.63, 3.8) is 0 Å². The maximum Gasteiger partial charge on any atom is 0.313 e. The Bertz CT molecular complexity index is 619. The normalized spacial score (nSPS) is 10.3. The van der Waals surface area contributed by atoms with E-state index in [-0.39, 0.29) is 17.3 Å². The van der Waals surface area contributed by atoms with Gasteiger partial charge in [0.15, 0.2) is 0 Å². The van der Waals surface area contributed by atoms with Crippen LogP contribution in [0.15, 0.2) is 41.0 Å². The van der Waals surface area contributed by atoms with E-state index in [4.69, 9.17) is 0 Å². The van der Waals surface area contributed by atoms with Crippen LogP contribution in [-0.2, 0) is 0 Å². The van der Waals surface area contributed by atoms with E-state index in [0.29, 0.717) is 10.2 Å². The molecule has 2 aromatic rings. The fourth-order valence-electron chi connectivity index (χ4n) is 1.60. The van der Waals surface area contributed by atoms with Crippen molar-refractivity contribution in [1.82, 2.24) is 4.98 Å². The predicted molar refractivity (Wildman–Crippen MR) is 73.1 cm³/mol. The maximum absolute atomic E-state index is 12.9. The van der Waals surface area contributed by atoms with E-state index in [2.05, 4.69) is 20.9 Å². The highest BCUT2D eigenvalue weighted by Crippen LogP contribution is 2.32. The van der Waals surface area contributed by atoms with Crippen LogP contribution in [0.3, 0.4) is 0 Å². The molecule has 0 fully saturated rings. The van der Waals surface area contributed by atoms with Crippen molar-refractivity contribution in [1.29, 1.82) is 0 Å². The highest BCUT2D eigenvalue weighted by molar-refractivity contribution is 9.10. The fraction of sp³-hybridized carbons (Fsp3) is 0.0833. The van der Waals surface area contributed by atoms with Crippen LogP contribution in [0.2, 0.25) is 0 Å². The number of benzene rings is 1. The summed E-state index contributed by atoms with van der Waals surface area (Å²) >= 11 is 3.14. The number of nitro groups is 1. The molecule has 19 heavy (non-hydrogen) atoms. The predicted octanol–water partition coefficient (Wildman–Crippen LogP) is 3.66. The molecule has 0 atom stereocenters. The van der Waals surface area contributed by atoms with Crippen molar-refractivity contribution in [2.45, 2.75) is 0 Å². The molecule has 7 heteroatoms. The average Bonchev–Trinajstić information content (AvgIpc) is 2.38. The van der Waals surface area contributed by atoms with E-state index < -0.39 is 4.92 Å². The van der Waals surface area contributed by atoms with Crippen molar-refractivity contribution in [2.24, 2.45) is 0 Å². The topological polar surface area (TPSA) is 59.3 Å². The molecule has 0 unspecified atom stereocenters. The van der Waals surface area contributed by atoms with Gasteiger partial charge in [0, 0.05) is 29.5 Å². The Hall–Kier alpha value is -2.02. The number of aromatic nitrogens is 1. The van der Waals surface area contributed by atoms with Crippen LogP contribution in [0.1, 0.15) is 0 Å². The van der Waals surface area contributed by atoms with Crippen LogP contribution in [0, 0.1) is 15.9 Å². The maximum atomic E-state index is 12.9. The van der Waals surface area contributed by atoms with Gasteiger partial charge in [-0.3, -0.25) is 10.1 Å². The first-order valence-corrected chi connectivity index (χ1v) is 6.07. The lowest BCUT2D eigenvalue weighted by Gasteiger charge is -2.18. The molecular weight excluding hydrogens is 317 g/mol. The van der Waals surface area contributed by atoms with Gasteiger partial charge in [-0.05, 0) is 40.2 Å². The first kappa shape index (κ1) is 13.4. The zero-order valence-corrected chi connectivity index (χ0v) is 11.5. The van der Waals surface area contributed by atoms with Crippen molar-refractivity contribution < 1.29 is 9.31 Å². The monoisotopic (exact) mass is 325 g/mol. The van der Waals surface area contributed by atoms with Crippen LogP contribution in [0.5, 0.6) is 0 Å². The largest absolute Gasteiger partial charge is 0.324 e. The molecule has 0 spiro atoms. The standard InChI is InChI=1S/C12H9BrFN3O2/c1-16(10-4-2-9(14)3-5-10)12-11(17(18)19)6-8(13)7-15-12/h2-7H,1H3. The Labute approximate surface area is 117 Å². The van der Waals surface area contributed by atoms with Gasteiger partial charge in [-0.25, -0.2) is 9.37 Å². The van der Waals surface area contributed by atoms with Gasteiger partial charge in [-0.15, -0.1) is 0 Å². The van der Waals surface area contributed by atoms with Gasteiger partial charge < -0.3 is 4.90 Å². The fourth-order valence-corrected chi connectivity index (χ4v) is 1.92. The molecule has 0 radical (unpaired) electrons. The van der Waals surface area contributed by atoms with Gasteiger partial charge in [0.25, 0.3) is 0 Å². The summed E-state index contributed by atoms with van der Waals surface area (Å²) in [7, 11) is 1.64. The lowest BCUT2D eigenvalue weighted by molar-refractivity contribution is -0.384. The van der Waals surface area contributed by atoms with Gasteiger partial charge in [0.05, 0.1) is 4.92 Å². The van der Waals surface area contributed by atoms with Gasteiger partial charge in [0.1, 0.15) is 5.82 Å². The summed E-state index contributed by atoms with van der Waals surface area (Å²) in [4.78, 5) is 16.1. The van der Waals surface area contributed by atoms with E-state index >= 15 is 0 Å². The number of hydrogen-bond donors (Lipinski definition) is 0. The van der Waals surface area contributed by atoms with E-state index in [1.807, 2.05) is 0 Å². The third-order valence-electron chi connectivity index (χ3n) is 2.54. The zero-order valence-electron chi connectivity index (χ0n) is 9.88. The van der Waals surface area contributed by atoms with E-state index in [1.54, 1.807) is 7.05 Å². The highest BCUT2D eigenvalue weighted by atomic mass is 79.9. The SMILES string of the molecule is CN(c1ccc(F)cc1)c1ncc(Br)cc1[N+](=O)[O-]. The van der Waals surface area contributed by atoms with Gasteiger partial charge in [0.2, 0.25) is 5.82 Å². The molecule has 0 aliphatic heterocycles. The number of anilines is 2. The summed E-state index contributed by atoms with van der Waals surface area (Å²) < 4.78 is 13.4. The summed E-state index contributed by atoms with van der Waals surface area (Å²) in [6.45, 7) is 0. The molecule has 0 amide bonds. The lowest BCUT2D eigenvalue weighted by atomic mass is 10.2. The Morgan fingerprint density at radius 1 is 1.37 bits per heavy atom. The van der Waals surface area contributed by atoms with Crippen molar-refractivity contribution in [3.8, 4) is 0 Å². The Morgan fingerprint density at radius 2 is 2.00 bits per heavy atom. The molecule has 5 nitrogen and oxygen atoms in total. The molecule has 1 aromatic carbocycles. The van der Waals surface area contributed by atoms with Gasteiger partial charge in [-0.2, -0.15) is 0 Å². The third-order valence-corrected chi connectivity index (χ3v) is 2.98. The molecular formula is C12H9BrFN3O2. The van der Waals surface area contributed by atoms with Crippen molar-refractivity contribution >= 4 is 33.1 Å². The molecule has 0 aliphatic carbocycles. The summed E-state index contributed by atoms with van der Waals surface area (Å²) in [5.41, 5.74) is 0.487. The number of nitrogens with zero attached hydrogens (tertiary/aromatic N) is 3. The molecule has 1 aromatic heterocycles. The average molecular weight is 326 g/mol. The summed E-state index contributed by atoms with van der Waals surface area (Å²) in [6.07, 6.45) is 1.47. The molecule has 0 saturated heterocycles. The summed E-state index contributed by atoms with van der Waals surface area (Å²) in [6, 6.07) is 7.01. The Morgan fingerprint density at radius 3 is 2.58 bits per heavy atom. The van der Waals surface area contributed by atoms with Crippen molar-refractivity contribution in [3.05, 3.63) is 56.9 Å². The quantitative estimate of drug-likeness (QED) is 0.638. The van der Waals surface area contributed by atoms with Crippen LogP contribution in [-0.4, -0.2) is 17.0 Å². The number of pyridine rings is 1. The number of halogens is 2. The van der Waals surface area contributed by atoms with Crippen LogP contribution >= 0.6 is 15.9 Å². The molecule has 0 N–H and O–H groups in total. The van der Waals surface area contributed by atoms with Crippen molar-refractivity contribution in [2.75, 3.05) is 11.9 Å². The molecule has 2 rings (SSSR count). The number of hydrogen-bond acceptors (Lipinski definition) is 4. The van der Waals surface area contributed by atoms with Crippen LogP contribution in [0.25, 0.3) is 0 Å². The minimum absolute atomic E-state index is 0.124. The second-order valence-corrected chi connectivity index (χ2v) is 4.70. The lowest BCUT2D eigenvalue weighted by Crippen LogP contribution is -2.13. The first-order valence-electron chi connectivity index (χ1n) is 5.28. The Kier molecular flexibility index (Phi) is 3.75. The molecule has 1 heterocycles. The molecule has 0 aliphatic rings. The minimum atomic E-state index is -0.507. The second-order valence-electron chi connectivity index (χ2n) is 3.79. The van der Waals surface area contributed by atoms with E-state index in [9.17, 15) is 14.5 Å². The smallest absolute Gasteiger partial charge is 0.313 e. The molecule has 0 saturated carbocycles. The van der Waals surface area contributed by atoms with E-state index in [0.717, 1.165) is 0 Å². The zero-order chi connectivity index (χ0) is 14.0. The first-order chi connectivity index (χ1) is 8.99. The molecule has 98 valence electrons. The Balaban J connectivity index is 2.46. The minimum Gasteiger partial charge on any atom is -0.324 e. The summed E-state index contributed by atoms with van der Waals surface area (Å²) in [5.74, 6) is -0.171. The third kappa shape index (κ3) is 2.87. The second kappa shape index (κ2) is 5.31. The van der Waals surface area contributed by atoms with Crippen LogP contribution in [0.4, 0.5) is 21.6 Å². The summed E-state index contributed by atoms with van der Waals surface area (Å²) in [5, 5.41) is 11.0. The van der Waals surface area contributed by atoms with Gasteiger partial charge in [-0.1, -0.05) is 0 Å². The highest BCUT2D eigenvalue weighted by Gasteiger charge is 2.20. The van der Waals surface area contributed by atoms with Gasteiger partial charge >= 0.3 is 5.69 Å².